The van der Waals surface area contributed by atoms with Crippen LogP contribution in [0.15, 0.2) is 97.1 Å². The summed E-state index contributed by atoms with van der Waals surface area (Å²) in [6.45, 7) is 0.355. The number of carbonyl (C=O) groups excluding carboxylic acids is 1. The number of amides is 1. The highest BCUT2D eigenvalue weighted by molar-refractivity contribution is 6.04. The van der Waals surface area contributed by atoms with Crippen molar-refractivity contribution in [3.8, 4) is 34.6 Å². The second-order valence-corrected chi connectivity index (χ2v) is 8.82. The second kappa shape index (κ2) is 12.1. The lowest BCUT2D eigenvalue weighted by Gasteiger charge is -2.09. The highest BCUT2D eigenvalue weighted by Gasteiger charge is 2.16. The molecule has 1 N–H and O–H groups in total. The van der Waals surface area contributed by atoms with Gasteiger partial charge in [-0.05, 0) is 72.3 Å². The van der Waals surface area contributed by atoms with Gasteiger partial charge in [-0.1, -0.05) is 30.3 Å². The molecule has 0 saturated heterocycles. The normalized spacial score (nSPS) is 10.7. The van der Waals surface area contributed by atoms with Gasteiger partial charge in [0.15, 0.2) is 5.82 Å². The summed E-state index contributed by atoms with van der Waals surface area (Å²) in [7, 11) is 3.18. The number of nitrogens with one attached hydrogen (secondary N) is 1. The largest absolute Gasteiger partial charge is 0.497 e. The Morgan fingerprint density at radius 2 is 1.62 bits per heavy atom. The van der Waals surface area contributed by atoms with E-state index in [2.05, 4.69) is 15.4 Å². The van der Waals surface area contributed by atoms with Crippen LogP contribution < -0.4 is 19.5 Å². The lowest BCUT2D eigenvalue weighted by molar-refractivity contribution is 0.102. The van der Waals surface area contributed by atoms with Crippen molar-refractivity contribution >= 4 is 11.6 Å². The Hall–Kier alpha value is -5.18. The van der Waals surface area contributed by atoms with Crippen LogP contribution in [0.3, 0.4) is 0 Å². The van der Waals surface area contributed by atoms with Crippen molar-refractivity contribution in [2.45, 2.75) is 6.42 Å². The van der Waals surface area contributed by atoms with Crippen molar-refractivity contribution in [1.29, 1.82) is 0 Å². The van der Waals surface area contributed by atoms with E-state index >= 15 is 0 Å². The number of hydrogen-bond acceptors (Lipinski definition) is 6. The van der Waals surface area contributed by atoms with Crippen molar-refractivity contribution in [1.82, 2.24) is 14.8 Å². The molecular weight excluding hydrogens is 511 g/mol. The van der Waals surface area contributed by atoms with E-state index in [0.29, 0.717) is 47.1 Å². The van der Waals surface area contributed by atoms with Crippen LogP contribution in [0.4, 0.5) is 10.1 Å². The fraction of sp³-hybridized carbons (Fsp3) is 0.129. The van der Waals surface area contributed by atoms with E-state index in [-0.39, 0.29) is 17.7 Å². The minimum atomic E-state index is -0.385. The summed E-state index contributed by atoms with van der Waals surface area (Å²) >= 11 is 0. The molecule has 0 radical (unpaired) electrons. The van der Waals surface area contributed by atoms with Gasteiger partial charge in [-0.15, -0.1) is 5.10 Å². The average molecular weight is 539 g/mol. The monoisotopic (exact) mass is 538 g/mol. The van der Waals surface area contributed by atoms with Crippen LogP contribution in [0.1, 0.15) is 15.9 Å². The fourth-order valence-corrected chi connectivity index (χ4v) is 4.05. The number of halogens is 1. The first-order chi connectivity index (χ1) is 19.5. The van der Waals surface area contributed by atoms with Crippen LogP contribution in [0.25, 0.3) is 17.1 Å². The zero-order valence-electron chi connectivity index (χ0n) is 22.0. The first-order valence-electron chi connectivity index (χ1n) is 12.6. The number of ether oxygens (including phenoxy) is 3. The second-order valence-electron chi connectivity index (χ2n) is 8.82. The van der Waals surface area contributed by atoms with Crippen LogP contribution in [0, 0.1) is 5.82 Å². The van der Waals surface area contributed by atoms with Gasteiger partial charge in [0, 0.05) is 23.2 Å². The molecule has 1 aromatic heterocycles. The van der Waals surface area contributed by atoms with Crippen LogP contribution in [-0.4, -0.2) is 41.5 Å². The predicted octanol–water partition coefficient (Wildman–Crippen LogP) is 5.96. The average Bonchev–Trinajstić information content (AvgIpc) is 3.42. The molecule has 40 heavy (non-hydrogen) atoms. The summed E-state index contributed by atoms with van der Waals surface area (Å²) in [5.41, 5.74) is 3.37. The summed E-state index contributed by atoms with van der Waals surface area (Å²) in [6, 6.07) is 28.1. The Kier molecular flexibility index (Phi) is 8.01. The third-order valence-corrected chi connectivity index (χ3v) is 6.15. The van der Waals surface area contributed by atoms with Crippen molar-refractivity contribution < 1.29 is 23.4 Å². The maximum atomic E-state index is 14.1. The lowest BCUT2D eigenvalue weighted by atomic mass is 10.1. The molecule has 1 heterocycles. The van der Waals surface area contributed by atoms with Gasteiger partial charge >= 0.3 is 6.01 Å². The highest BCUT2D eigenvalue weighted by atomic mass is 19.1. The molecule has 4 aromatic carbocycles. The molecule has 0 saturated carbocycles. The molecule has 0 atom stereocenters. The molecule has 8 nitrogen and oxygen atoms in total. The van der Waals surface area contributed by atoms with Crippen molar-refractivity contribution in [3.63, 3.8) is 0 Å². The van der Waals surface area contributed by atoms with Gasteiger partial charge in [0.25, 0.3) is 5.91 Å². The standard InChI is InChI=1S/C31H27FN4O4/c1-38-27-15-9-21(10-16-27)17-18-40-31-34-29(22-5-3-7-24(32)19-22)36(35-31)26-13-11-25(12-14-26)33-30(37)23-6-4-8-28(20-23)39-2/h3-16,19-20H,17-18H2,1-2H3,(H,33,37). The Morgan fingerprint density at radius 1 is 0.875 bits per heavy atom. The van der Waals surface area contributed by atoms with Gasteiger partial charge in [0.2, 0.25) is 0 Å². The summed E-state index contributed by atoms with van der Waals surface area (Å²) in [5.74, 6) is 1.16. The number of anilines is 1. The van der Waals surface area contributed by atoms with Crippen LogP contribution in [0.5, 0.6) is 17.5 Å². The number of nitrogens with zero attached hydrogens (tertiary/aromatic N) is 3. The Labute approximate surface area is 231 Å². The van der Waals surface area contributed by atoms with E-state index in [9.17, 15) is 9.18 Å². The molecule has 1 amide bonds. The van der Waals surface area contributed by atoms with E-state index in [0.717, 1.165) is 11.3 Å². The van der Waals surface area contributed by atoms with E-state index in [1.165, 1.54) is 12.1 Å². The molecular formula is C31H27FN4O4. The van der Waals surface area contributed by atoms with Crippen LogP contribution in [-0.2, 0) is 6.42 Å². The molecule has 5 rings (SSSR count). The van der Waals surface area contributed by atoms with Crippen LogP contribution >= 0.6 is 0 Å². The minimum absolute atomic E-state index is 0.170. The minimum Gasteiger partial charge on any atom is -0.497 e. The van der Waals surface area contributed by atoms with Crippen molar-refractivity contribution in [2.75, 3.05) is 26.1 Å². The lowest BCUT2D eigenvalue weighted by Crippen LogP contribution is -2.12. The number of benzene rings is 4. The molecule has 0 aliphatic carbocycles. The molecule has 202 valence electrons. The molecule has 5 aromatic rings. The van der Waals surface area contributed by atoms with Gasteiger partial charge in [0.05, 0.1) is 26.5 Å². The fourth-order valence-electron chi connectivity index (χ4n) is 4.05. The summed E-state index contributed by atoms with van der Waals surface area (Å²) in [5, 5.41) is 7.42. The van der Waals surface area contributed by atoms with Crippen LogP contribution in [0.2, 0.25) is 0 Å². The predicted molar refractivity (Wildman–Crippen MR) is 150 cm³/mol. The van der Waals surface area contributed by atoms with E-state index in [1.807, 2.05) is 24.3 Å². The SMILES string of the molecule is COc1ccc(CCOc2nc(-c3cccc(F)c3)n(-c3ccc(NC(=O)c4cccc(OC)c4)cc3)n2)cc1. The molecule has 0 spiro atoms. The number of aromatic nitrogens is 3. The molecule has 9 heteroatoms. The Bertz CT molecular complexity index is 1600. The quantitative estimate of drug-likeness (QED) is 0.236. The van der Waals surface area contributed by atoms with Crippen molar-refractivity contribution in [2.24, 2.45) is 0 Å². The molecule has 0 aliphatic rings. The van der Waals surface area contributed by atoms with Gasteiger partial charge in [0.1, 0.15) is 17.3 Å². The first kappa shape index (κ1) is 26.4. The molecule has 0 bridgehead atoms. The third kappa shape index (κ3) is 6.27. The zero-order valence-corrected chi connectivity index (χ0v) is 22.0. The third-order valence-electron chi connectivity index (χ3n) is 6.15. The molecule has 0 unspecified atom stereocenters. The van der Waals surface area contributed by atoms with E-state index in [4.69, 9.17) is 14.2 Å². The highest BCUT2D eigenvalue weighted by Crippen LogP contribution is 2.25. The summed E-state index contributed by atoms with van der Waals surface area (Å²) in [6.07, 6.45) is 0.648. The summed E-state index contributed by atoms with van der Waals surface area (Å²) in [4.78, 5) is 17.2. The van der Waals surface area contributed by atoms with E-state index in [1.54, 1.807) is 79.6 Å². The maximum absolute atomic E-state index is 14.1. The number of hydrogen-bond donors (Lipinski definition) is 1. The van der Waals surface area contributed by atoms with Gasteiger partial charge < -0.3 is 19.5 Å². The molecule has 0 fully saturated rings. The van der Waals surface area contributed by atoms with Gasteiger partial charge in [-0.25, -0.2) is 9.07 Å². The Morgan fingerprint density at radius 3 is 2.35 bits per heavy atom. The van der Waals surface area contributed by atoms with Crippen molar-refractivity contribution in [3.05, 3.63) is 114 Å². The first-order valence-corrected chi connectivity index (χ1v) is 12.6. The summed E-state index contributed by atoms with van der Waals surface area (Å²) < 4.78 is 31.9. The number of rotatable bonds is 10. The number of methoxy groups -OCH3 is 2. The number of carbonyl (C=O) groups is 1. The molecule has 0 aliphatic heterocycles. The smallest absolute Gasteiger partial charge is 0.336 e. The zero-order chi connectivity index (χ0) is 27.9. The van der Waals surface area contributed by atoms with Gasteiger partial charge in [-0.3, -0.25) is 4.79 Å². The topological polar surface area (TPSA) is 87.5 Å². The van der Waals surface area contributed by atoms with E-state index < -0.39 is 0 Å². The maximum Gasteiger partial charge on any atom is 0.336 e. The Balaban J connectivity index is 1.35. The van der Waals surface area contributed by atoms with Gasteiger partial charge in [-0.2, -0.15) is 4.98 Å².